The smallest absolute Gasteiger partial charge is 0.325 e. The van der Waals surface area contributed by atoms with E-state index in [-0.39, 0.29) is 12.5 Å². The van der Waals surface area contributed by atoms with Crippen LogP contribution in [0.1, 0.15) is 26.7 Å². The third-order valence-electron chi connectivity index (χ3n) is 4.47. The van der Waals surface area contributed by atoms with Crippen LogP contribution in [0.25, 0.3) is 0 Å². The molecule has 1 aromatic carbocycles. The molecule has 1 fully saturated rings. The van der Waals surface area contributed by atoms with Crippen molar-refractivity contribution in [3.05, 3.63) is 23.2 Å². The lowest BCUT2D eigenvalue weighted by Crippen LogP contribution is -2.46. The second kappa shape index (κ2) is 7.31. The molecule has 0 bridgehead atoms. The molecule has 0 atom stereocenters. The van der Waals surface area contributed by atoms with Gasteiger partial charge in [-0.15, -0.1) is 0 Å². The Kier molecular flexibility index (Phi) is 5.57. The lowest BCUT2D eigenvalue weighted by atomic mass is 9.93. The minimum atomic E-state index is -0.909. The molecule has 136 valence electrons. The molecule has 1 aliphatic heterocycles. The molecule has 0 aromatic heterocycles. The van der Waals surface area contributed by atoms with E-state index in [1.807, 2.05) is 32.8 Å². The van der Waals surface area contributed by atoms with Crippen LogP contribution in [0.5, 0.6) is 0 Å². The van der Waals surface area contributed by atoms with E-state index in [0.717, 1.165) is 10.6 Å². The summed E-state index contributed by atoms with van der Waals surface area (Å²) in [4.78, 5) is 39.6. The second-order valence-electron chi connectivity index (χ2n) is 6.22. The Bertz CT molecular complexity index is 701. The van der Waals surface area contributed by atoms with Gasteiger partial charge in [-0.2, -0.15) is 0 Å². The van der Waals surface area contributed by atoms with Crippen LogP contribution in [0.3, 0.4) is 0 Å². The summed E-state index contributed by atoms with van der Waals surface area (Å²) in [7, 11) is 3.73. The van der Waals surface area contributed by atoms with Gasteiger partial charge >= 0.3 is 6.03 Å². The Labute approximate surface area is 152 Å². The van der Waals surface area contributed by atoms with Crippen molar-refractivity contribution in [2.24, 2.45) is 0 Å². The summed E-state index contributed by atoms with van der Waals surface area (Å²) >= 11 is 6.18. The van der Waals surface area contributed by atoms with Crippen LogP contribution in [0, 0.1) is 0 Å². The highest BCUT2D eigenvalue weighted by Gasteiger charge is 2.49. The molecule has 0 unspecified atom stereocenters. The maximum Gasteiger partial charge on any atom is 0.325 e. The van der Waals surface area contributed by atoms with Crippen LogP contribution in [0.4, 0.5) is 16.2 Å². The molecule has 0 spiro atoms. The zero-order valence-electron chi connectivity index (χ0n) is 14.9. The molecular formula is C17H23ClN4O3. The van der Waals surface area contributed by atoms with Crippen molar-refractivity contribution < 1.29 is 14.4 Å². The van der Waals surface area contributed by atoms with E-state index in [9.17, 15) is 14.4 Å². The Balaban J connectivity index is 2.07. The summed E-state index contributed by atoms with van der Waals surface area (Å²) in [6.45, 7) is 3.33. The SMILES string of the molecule is CCC1(CC)NC(=O)N(CC(=O)Nc2ccc(N(C)C)c(Cl)c2)C1=O. The molecule has 0 radical (unpaired) electrons. The second-order valence-corrected chi connectivity index (χ2v) is 6.63. The average Bonchev–Trinajstić information content (AvgIpc) is 2.79. The number of amides is 4. The Hall–Kier alpha value is -2.28. The number of benzene rings is 1. The normalized spacial score (nSPS) is 16.0. The first-order valence-electron chi connectivity index (χ1n) is 8.15. The van der Waals surface area contributed by atoms with Gasteiger partial charge in [0.1, 0.15) is 12.1 Å². The number of hydrogen-bond donors (Lipinski definition) is 2. The largest absolute Gasteiger partial charge is 0.376 e. The number of imide groups is 1. The zero-order valence-corrected chi connectivity index (χ0v) is 15.6. The molecule has 1 saturated heterocycles. The molecule has 4 amide bonds. The number of carbonyl (C=O) groups is 3. The average molecular weight is 367 g/mol. The molecule has 1 aliphatic rings. The Morgan fingerprint density at radius 3 is 2.40 bits per heavy atom. The van der Waals surface area contributed by atoms with Gasteiger partial charge < -0.3 is 15.5 Å². The van der Waals surface area contributed by atoms with E-state index in [2.05, 4.69) is 10.6 Å². The van der Waals surface area contributed by atoms with E-state index < -0.39 is 17.5 Å². The lowest BCUT2D eigenvalue weighted by Gasteiger charge is -2.23. The minimum absolute atomic E-state index is 0.334. The van der Waals surface area contributed by atoms with Gasteiger partial charge in [-0.05, 0) is 31.0 Å². The summed E-state index contributed by atoms with van der Waals surface area (Å²) < 4.78 is 0. The fraction of sp³-hybridized carbons (Fsp3) is 0.471. The van der Waals surface area contributed by atoms with E-state index in [0.29, 0.717) is 23.6 Å². The number of carbonyl (C=O) groups excluding carboxylic acids is 3. The maximum absolute atomic E-state index is 12.5. The molecule has 25 heavy (non-hydrogen) atoms. The van der Waals surface area contributed by atoms with Crippen molar-refractivity contribution in [3.8, 4) is 0 Å². The monoisotopic (exact) mass is 366 g/mol. The zero-order chi connectivity index (χ0) is 18.8. The van der Waals surface area contributed by atoms with E-state index >= 15 is 0 Å². The Morgan fingerprint density at radius 1 is 1.28 bits per heavy atom. The summed E-state index contributed by atoms with van der Waals surface area (Å²) in [5, 5.41) is 5.85. The topological polar surface area (TPSA) is 81.8 Å². The summed E-state index contributed by atoms with van der Waals surface area (Å²) in [5.74, 6) is -0.821. The molecule has 7 nitrogen and oxygen atoms in total. The highest BCUT2D eigenvalue weighted by molar-refractivity contribution is 6.33. The third-order valence-corrected chi connectivity index (χ3v) is 4.77. The number of nitrogens with one attached hydrogen (secondary N) is 2. The van der Waals surface area contributed by atoms with Gasteiger partial charge in [-0.3, -0.25) is 14.5 Å². The minimum Gasteiger partial charge on any atom is -0.376 e. The van der Waals surface area contributed by atoms with Gasteiger partial charge in [0.15, 0.2) is 0 Å². The number of nitrogens with zero attached hydrogens (tertiary/aromatic N) is 2. The number of urea groups is 1. The molecule has 0 saturated carbocycles. The van der Waals surface area contributed by atoms with E-state index in [4.69, 9.17) is 11.6 Å². The highest BCUT2D eigenvalue weighted by Crippen LogP contribution is 2.28. The van der Waals surface area contributed by atoms with Crippen molar-refractivity contribution in [1.82, 2.24) is 10.2 Å². The van der Waals surface area contributed by atoms with Gasteiger partial charge in [0, 0.05) is 19.8 Å². The van der Waals surface area contributed by atoms with Gasteiger partial charge in [0.2, 0.25) is 5.91 Å². The van der Waals surface area contributed by atoms with Crippen LogP contribution in [0.2, 0.25) is 5.02 Å². The molecule has 2 N–H and O–H groups in total. The number of halogens is 1. The van der Waals surface area contributed by atoms with Crippen molar-refractivity contribution in [1.29, 1.82) is 0 Å². The van der Waals surface area contributed by atoms with Gasteiger partial charge in [-0.25, -0.2) is 4.79 Å². The first kappa shape index (κ1) is 19.1. The van der Waals surface area contributed by atoms with Crippen LogP contribution in [-0.4, -0.2) is 48.9 Å². The predicted octanol–water partition coefficient (Wildman–Crippen LogP) is 2.46. The van der Waals surface area contributed by atoms with E-state index in [1.165, 1.54) is 0 Å². The van der Waals surface area contributed by atoms with Crippen LogP contribution in [0.15, 0.2) is 18.2 Å². The van der Waals surface area contributed by atoms with Crippen molar-refractivity contribution >= 4 is 40.8 Å². The molecule has 2 rings (SSSR count). The summed E-state index contributed by atoms with van der Waals surface area (Å²) in [5.41, 5.74) is 0.419. The summed E-state index contributed by atoms with van der Waals surface area (Å²) in [6.07, 6.45) is 0.960. The van der Waals surface area contributed by atoms with Crippen LogP contribution < -0.4 is 15.5 Å². The maximum atomic E-state index is 12.5. The van der Waals surface area contributed by atoms with Gasteiger partial charge in [-0.1, -0.05) is 25.4 Å². The number of hydrogen-bond acceptors (Lipinski definition) is 4. The van der Waals surface area contributed by atoms with E-state index in [1.54, 1.807) is 18.2 Å². The molecule has 8 heteroatoms. The first-order valence-corrected chi connectivity index (χ1v) is 8.52. The molecular weight excluding hydrogens is 344 g/mol. The van der Waals surface area contributed by atoms with Crippen molar-refractivity contribution in [2.45, 2.75) is 32.2 Å². The van der Waals surface area contributed by atoms with Gasteiger partial charge in [0.25, 0.3) is 5.91 Å². The van der Waals surface area contributed by atoms with Crippen molar-refractivity contribution in [3.63, 3.8) is 0 Å². The van der Waals surface area contributed by atoms with Gasteiger partial charge in [0.05, 0.1) is 10.7 Å². The standard InChI is InChI=1S/C17H23ClN4O3/c1-5-17(6-2)15(24)22(16(25)20-17)10-14(23)19-11-7-8-13(21(3)4)12(18)9-11/h7-9H,5-6,10H2,1-4H3,(H,19,23)(H,20,25). The van der Waals surface area contributed by atoms with Crippen LogP contribution in [-0.2, 0) is 9.59 Å². The van der Waals surface area contributed by atoms with Crippen LogP contribution >= 0.6 is 11.6 Å². The quantitative estimate of drug-likeness (QED) is 0.758. The predicted molar refractivity (Wildman–Crippen MR) is 98.0 cm³/mol. The lowest BCUT2D eigenvalue weighted by molar-refractivity contribution is -0.134. The number of anilines is 2. The fourth-order valence-corrected chi connectivity index (χ4v) is 3.19. The fourth-order valence-electron chi connectivity index (χ4n) is 2.84. The summed E-state index contributed by atoms with van der Waals surface area (Å²) in [6, 6.07) is 4.59. The number of rotatable bonds is 6. The molecule has 1 heterocycles. The molecule has 1 aromatic rings. The van der Waals surface area contributed by atoms with Crippen molar-refractivity contribution in [2.75, 3.05) is 30.9 Å². The Morgan fingerprint density at radius 2 is 1.92 bits per heavy atom. The first-order chi connectivity index (χ1) is 11.7. The third kappa shape index (κ3) is 3.71. The highest BCUT2D eigenvalue weighted by atomic mass is 35.5. The molecule has 0 aliphatic carbocycles.